The van der Waals surface area contributed by atoms with Crippen molar-refractivity contribution in [1.29, 1.82) is 0 Å². The molecule has 1 heterocycles. The summed E-state index contributed by atoms with van der Waals surface area (Å²) < 4.78 is 11.1. The van der Waals surface area contributed by atoms with Crippen LogP contribution in [0.25, 0.3) is 0 Å². The summed E-state index contributed by atoms with van der Waals surface area (Å²) in [4.78, 5) is 0. The number of nitrogens with one attached hydrogen (secondary N) is 1. The molecule has 16 heavy (non-hydrogen) atoms. The molecule has 1 unspecified atom stereocenters. The van der Waals surface area contributed by atoms with Crippen LogP contribution in [0.4, 0.5) is 0 Å². The van der Waals surface area contributed by atoms with Crippen LogP contribution in [0.5, 0.6) is 11.5 Å². The molecule has 88 valence electrons. The molecule has 2 N–H and O–H groups in total. The lowest BCUT2D eigenvalue weighted by Gasteiger charge is -2.15. The van der Waals surface area contributed by atoms with Crippen LogP contribution >= 0.6 is 0 Å². The molecule has 0 saturated heterocycles. The fraction of sp³-hybridized carbons (Fsp3) is 0.500. The van der Waals surface area contributed by atoms with Crippen molar-refractivity contribution < 1.29 is 14.6 Å². The highest BCUT2D eigenvalue weighted by molar-refractivity contribution is 5.44. The maximum Gasteiger partial charge on any atom is 0.161 e. The third-order valence-electron chi connectivity index (χ3n) is 2.70. The van der Waals surface area contributed by atoms with Crippen molar-refractivity contribution in [1.82, 2.24) is 5.32 Å². The van der Waals surface area contributed by atoms with Gasteiger partial charge in [-0.3, -0.25) is 0 Å². The van der Waals surface area contributed by atoms with E-state index >= 15 is 0 Å². The van der Waals surface area contributed by atoms with Crippen LogP contribution in [0.3, 0.4) is 0 Å². The molecular weight excluding hydrogens is 206 g/mol. The topological polar surface area (TPSA) is 50.7 Å². The fourth-order valence-corrected chi connectivity index (χ4v) is 1.76. The van der Waals surface area contributed by atoms with Gasteiger partial charge in [0.05, 0.1) is 25.9 Å². The predicted molar refractivity (Wildman–Crippen MR) is 60.9 cm³/mol. The fourth-order valence-electron chi connectivity index (χ4n) is 1.76. The number of likely N-dealkylation sites (N-methyl/N-ethyl adjacent to an activating group) is 1. The van der Waals surface area contributed by atoms with Gasteiger partial charge in [0, 0.05) is 6.42 Å². The van der Waals surface area contributed by atoms with Crippen molar-refractivity contribution in [3.63, 3.8) is 0 Å². The van der Waals surface area contributed by atoms with Gasteiger partial charge in [-0.05, 0) is 24.7 Å². The van der Waals surface area contributed by atoms with Gasteiger partial charge in [0.15, 0.2) is 11.5 Å². The Balaban J connectivity index is 2.26. The summed E-state index contributed by atoms with van der Waals surface area (Å²) in [6, 6.07) is 5.72. The second-order valence-electron chi connectivity index (χ2n) is 3.78. The lowest BCUT2D eigenvalue weighted by molar-refractivity contribution is 0.250. The van der Waals surface area contributed by atoms with Crippen molar-refractivity contribution in [3.05, 3.63) is 23.8 Å². The summed E-state index contributed by atoms with van der Waals surface area (Å²) in [6.45, 7) is 1.44. The van der Waals surface area contributed by atoms with Crippen molar-refractivity contribution in [2.45, 2.75) is 12.5 Å². The van der Waals surface area contributed by atoms with Crippen LogP contribution in [-0.4, -0.2) is 32.0 Å². The Kier molecular flexibility index (Phi) is 3.64. The minimum Gasteiger partial charge on any atom is -0.490 e. The molecule has 1 aromatic carbocycles. The molecule has 1 aliphatic heterocycles. The predicted octanol–water partition coefficient (Wildman–Crippen LogP) is 1.10. The van der Waals surface area contributed by atoms with E-state index in [2.05, 4.69) is 5.32 Å². The number of hydrogen-bond donors (Lipinski definition) is 2. The van der Waals surface area contributed by atoms with Gasteiger partial charge in [0.2, 0.25) is 0 Å². The second kappa shape index (κ2) is 5.18. The minimum atomic E-state index is -0.0582. The number of aliphatic hydroxyl groups excluding tert-OH is 1. The van der Waals surface area contributed by atoms with E-state index in [4.69, 9.17) is 9.47 Å². The highest BCUT2D eigenvalue weighted by atomic mass is 16.5. The second-order valence-corrected chi connectivity index (χ2v) is 3.78. The molecule has 0 spiro atoms. The summed E-state index contributed by atoms with van der Waals surface area (Å²) in [6.07, 6.45) is 0.902. The molecule has 1 aromatic rings. The number of benzene rings is 1. The molecular formula is C12H17NO3. The lowest BCUT2D eigenvalue weighted by atomic mass is 10.1. The normalized spacial score (nSPS) is 16.6. The molecule has 4 heteroatoms. The first-order valence-corrected chi connectivity index (χ1v) is 5.53. The first-order chi connectivity index (χ1) is 7.85. The monoisotopic (exact) mass is 223 g/mol. The Bertz CT molecular complexity index is 350. The lowest BCUT2D eigenvalue weighted by Crippen LogP contribution is -2.19. The van der Waals surface area contributed by atoms with Crippen LogP contribution in [0.15, 0.2) is 18.2 Å². The van der Waals surface area contributed by atoms with Gasteiger partial charge in [0.25, 0.3) is 0 Å². The maximum absolute atomic E-state index is 9.20. The minimum absolute atomic E-state index is 0.0582. The Hall–Kier alpha value is -1.26. The Morgan fingerprint density at radius 3 is 2.75 bits per heavy atom. The average Bonchev–Trinajstić information content (AvgIpc) is 2.55. The zero-order chi connectivity index (χ0) is 11.4. The van der Waals surface area contributed by atoms with Crippen molar-refractivity contribution in [2.75, 3.05) is 26.9 Å². The van der Waals surface area contributed by atoms with Crippen LogP contribution in [0, 0.1) is 0 Å². The summed E-state index contributed by atoms with van der Waals surface area (Å²) >= 11 is 0. The van der Waals surface area contributed by atoms with Crippen molar-refractivity contribution >= 4 is 0 Å². The molecule has 1 atom stereocenters. The van der Waals surface area contributed by atoms with E-state index in [1.54, 1.807) is 0 Å². The van der Waals surface area contributed by atoms with Crippen LogP contribution in [0.1, 0.15) is 18.0 Å². The van der Waals surface area contributed by atoms with E-state index in [1.807, 2.05) is 25.2 Å². The standard InChI is InChI=1S/C12H17NO3/c1-13-10(8-14)9-3-4-11-12(7-9)16-6-2-5-15-11/h3-4,7,10,13-14H,2,5-6,8H2,1H3. The van der Waals surface area contributed by atoms with E-state index < -0.39 is 0 Å². The molecule has 0 amide bonds. The molecule has 2 rings (SSSR count). The van der Waals surface area contributed by atoms with E-state index in [0.717, 1.165) is 23.5 Å². The van der Waals surface area contributed by atoms with E-state index in [0.29, 0.717) is 13.2 Å². The number of rotatable bonds is 3. The molecule has 0 aliphatic carbocycles. The number of ether oxygens (including phenoxy) is 2. The molecule has 0 radical (unpaired) electrons. The molecule has 0 aromatic heterocycles. The SMILES string of the molecule is CNC(CO)c1ccc2c(c1)OCCCO2. The zero-order valence-electron chi connectivity index (χ0n) is 9.40. The molecule has 0 saturated carbocycles. The van der Waals surface area contributed by atoms with Crippen LogP contribution in [-0.2, 0) is 0 Å². The Labute approximate surface area is 95.2 Å². The molecule has 0 fully saturated rings. The quantitative estimate of drug-likeness (QED) is 0.805. The van der Waals surface area contributed by atoms with Crippen molar-refractivity contribution in [2.24, 2.45) is 0 Å². The van der Waals surface area contributed by atoms with Crippen molar-refractivity contribution in [3.8, 4) is 11.5 Å². The first-order valence-electron chi connectivity index (χ1n) is 5.53. The van der Waals surface area contributed by atoms with Gasteiger partial charge in [-0.2, -0.15) is 0 Å². The van der Waals surface area contributed by atoms with E-state index in [9.17, 15) is 5.11 Å². The number of aliphatic hydroxyl groups is 1. The summed E-state index contributed by atoms with van der Waals surface area (Å²) in [5.74, 6) is 1.55. The molecule has 1 aliphatic rings. The van der Waals surface area contributed by atoms with Gasteiger partial charge in [-0.15, -0.1) is 0 Å². The number of hydrogen-bond acceptors (Lipinski definition) is 4. The maximum atomic E-state index is 9.20. The first kappa shape index (κ1) is 11.2. The summed E-state index contributed by atoms with van der Waals surface area (Å²) in [5.41, 5.74) is 1.01. The largest absolute Gasteiger partial charge is 0.490 e. The van der Waals surface area contributed by atoms with E-state index in [1.165, 1.54) is 0 Å². The van der Waals surface area contributed by atoms with Gasteiger partial charge < -0.3 is 19.9 Å². The molecule has 4 nitrogen and oxygen atoms in total. The highest BCUT2D eigenvalue weighted by Gasteiger charge is 2.14. The van der Waals surface area contributed by atoms with E-state index in [-0.39, 0.29) is 12.6 Å². The Morgan fingerprint density at radius 1 is 1.31 bits per heavy atom. The van der Waals surface area contributed by atoms with Crippen LogP contribution in [0.2, 0.25) is 0 Å². The smallest absolute Gasteiger partial charge is 0.161 e. The third kappa shape index (κ3) is 2.28. The van der Waals surface area contributed by atoms with Gasteiger partial charge >= 0.3 is 0 Å². The summed E-state index contributed by atoms with van der Waals surface area (Å²) in [5, 5.41) is 12.2. The molecule has 0 bridgehead atoms. The van der Waals surface area contributed by atoms with Gasteiger partial charge in [0.1, 0.15) is 0 Å². The zero-order valence-corrected chi connectivity index (χ0v) is 9.40. The highest BCUT2D eigenvalue weighted by Crippen LogP contribution is 2.32. The Morgan fingerprint density at radius 2 is 2.06 bits per heavy atom. The van der Waals surface area contributed by atoms with Gasteiger partial charge in [-0.1, -0.05) is 6.07 Å². The summed E-state index contributed by atoms with van der Waals surface area (Å²) in [7, 11) is 1.82. The third-order valence-corrected chi connectivity index (χ3v) is 2.70. The number of fused-ring (bicyclic) bond motifs is 1. The van der Waals surface area contributed by atoms with Crippen LogP contribution < -0.4 is 14.8 Å². The average molecular weight is 223 g/mol. The van der Waals surface area contributed by atoms with Gasteiger partial charge in [-0.25, -0.2) is 0 Å².